The molecule has 1 aliphatic carbocycles. The summed E-state index contributed by atoms with van der Waals surface area (Å²) in [4.78, 5) is 0. The van der Waals surface area contributed by atoms with Gasteiger partial charge >= 0.3 is 0 Å². The van der Waals surface area contributed by atoms with Crippen LogP contribution in [-0.4, -0.2) is 22.4 Å². The SMILES string of the molecule is CC1C=CC(C)C(O)C(C)C1O. The largest absolute Gasteiger partial charge is 0.392 e. The molecule has 0 spiro atoms. The maximum absolute atomic E-state index is 9.70. The van der Waals surface area contributed by atoms with Gasteiger partial charge in [-0.3, -0.25) is 0 Å². The minimum absolute atomic E-state index is 0.0370. The van der Waals surface area contributed by atoms with E-state index >= 15 is 0 Å². The Hall–Kier alpha value is -0.340. The Balaban J connectivity index is 2.79. The van der Waals surface area contributed by atoms with Crippen molar-refractivity contribution in [2.24, 2.45) is 17.8 Å². The summed E-state index contributed by atoms with van der Waals surface area (Å²) >= 11 is 0. The van der Waals surface area contributed by atoms with Crippen LogP contribution in [0.25, 0.3) is 0 Å². The summed E-state index contributed by atoms with van der Waals surface area (Å²) in [6.45, 7) is 5.85. The highest BCUT2D eigenvalue weighted by Crippen LogP contribution is 2.26. The highest BCUT2D eigenvalue weighted by atomic mass is 16.3. The minimum atomic E-state index is -0.416. The average Bonchev–Trinajstić information content (AvgIpc) is 2.14. The van der Waals surface area contributed by atoms with E-state index in [0.29, 0.717) is 0 Å². The van der Waals surface area contributed by atoms with Gasteiger partial charge < -0.3 is 10.2 Å². The topological polar surface area (TPSA) is 40.5 Å². The highest BCUT2D eigenvalue weighted by molar-refractivity contribution is 5.01. The van der Waals surface area contributed by atoms with Gasteiger partial charge in [0.25, 0.3) is 0 Å². The smallest absolute Gasteiger partial charge is 0.0650 e. The van der Waals surface area contributed by atoms with Crippen molar-refractivity contribution < 1.29 is 10.2 Å². The van der Waals surface area contributed by atoms with Crippen LogP contribution in [0.1, 0.15) is 20.8 Å². The lowest BCUT2D eigenvalue weighted by atomic mass is 9.88. The summed E-state index contributed by atoms with van der Waals surface area (Å²) in [5, 5.41) is 19.4. The molecule has 2 heteroatoms. The fraction of sp³-hybridized carbons (Fsp3) is 0.800. The maximum Gasteiger partial charge on any atom is 0.0650 e. The van der Waals surface area contributed by atoms with Crippen molar-refractivity contribution in [3.05, 3.63) is 12.2 Å². The van der Waals surface area contributed by atoms with Gasteiger partial charge in [0, 0.05) is 17.8 Å². The molecule has 0 aromatic heterocycles. The quantitative estimate of drug-likeness (QED) is 0.536. The van der Waals surface area contributed by atoms with Crippen LogP contribution in [0.5, 0.6) is 0 Å². The Morgan fingerprint density at radius 2 is 1.17 bits per heavy atom. The number of aliphatic hydroxyl groups excluding tert-OH is 2. The molecule has 2 N–H and O–H groups in total. The summed E-state index contributed by atoms with van der Waals surface area (Å²) in [7, 11) is 0. The fourth-order valence-electron chi connectivity index (χ4n) is 1.74. The standard InChI is InChI=1S/C10H18O2/c1-6-4-5-7(2)10(12)8(3)9(6)11/h4-12H,1-3H3. The molecule has 70 valence electrons. The second-order valence-electron chi connectivity index (χ2n) is 3.94. The third-order valence-corrected chi connectivity index (χ3v) is 2.87. The van der Waals surface area contributed by atoms with Crippen molar-refractivity contribution >= 4 is 0 Å². The monoisotopic (exact) mass is 170 g/mol. The Labute approximate surface area is 73.9 Å². The lowest BCUT2D eigenvalue weighted by molar-refractivity contribution is -0.00566. The van der Waals surface area contributed by atoms with Crippen molar-refractivity contribution in [1.29, 1.82) is 0 Å². The molecule has 0 amide bonds. The Morgan fingerprint density at radius 1 is 0.833 bits per heavy atom. The van der Waals surface area contributed by atoms with Gasteiger partial charge in [-0.05, 0) is 0 Å². The molecule has 4 unspecified atom stereocenters. The van der Waals surface area contributed by atoms with E-state index in [9.17, 15) is 10.2 Å². The van der Waals surface area contributed by atoms with Gasteiger partial charge in [-0.2, -0.15) is 0 Å². The Morgan fingerprint density at radius 3 is 1.50 bits per heavy atom. The number of rotatable bonds is 0. The second-order valence-corrected chi connectivity index (χ2v) is 3.94. The van der Waals surface area contributed by atoms with Gasteiger partial charge in [0.2, 0.25) is 0 Å². The van der Waals surface area contributed by atoms with E-state index in [0.717, 1.165) is 0 Å². The number of aliphatic hydroxyl groups is 2. The van der Waals surface area contributed by atoms with Crippen LogP contribution in [0, 0.1) is 17.8 Å². The second kappa shape index (κ2) is 3.58. The molecule has 0 aromatic rings. The summed E-state index contributed by atoms with van der Waals surface area (Å²) in [6, 6.07) is 0. The van der Waals surface area contributed by atoms with Crippen LogP contribution in [0.3, 0.4) is 0 Å². The third-order valence-electron chi connectivity index (χ3n) is 2.87. The van der Waals surface area contributed by atoms with Gasteiger partial charge in [0.15, 0.2) is 0 Å². The van der Waals surface area contributed by atoms with Crippen molar-refractivity contribution in [2.75, 3.05) is 0 Å². The molecule has 0 bridgehead atoms. The number of hydrogen-bond donors (Lipinski definition) is 2. The lowest BCUT2D eigenvalue weighted by Crippen LogP contribution is -2.34. The predicted octanol–water partition coefficient (Wildman–Crippen LogP) is 1.19. The first-order valence-corrected chi connectivity index (χ1v) is 4.58. The van der Waals surface area contributed by atoms with Crippen LogP contribution >= 0.6 is 0 Å². The maximum atomic E-state index is 9.70. The van der Waals surface area contributed by atoms with E-state index in [4.69, 9.17) is 0 Å². The first-order valence-electron chi connectivity index (χ1n) is 4.58. The lowest BCUT2D eigenvalue weighted by Gasteiger charge is -2.26. The van der Waals surface area contributed by atoms with Gasteiger partial charge in [-0.25, -0.2) is 0 Å². The van der Waals surface area contributed by atoms with Crippen LogP contribution in [0.4, 0.5) is 0 Å². The van der Waals surface area contributed by atoms with Gasteiger partial charge in [-0.15, -0.1) is 0 Å². The molecule has 0 saturated heterocycles. The Kier molecular flexibility index (Phi) is 2.91. The molecule has 1 aliphatic rings. The van der Waals surface area contributed by atoms with E-state index in [-0.39, 0.29) is 17.8 Å². The molecule has 2 nitrogen and oxygen atoms in total. The first kappa shape index (κ1) is 9.75. The predicted molar refractivity (Wildman–Crippen MR) is 48.6 cm³/mol. The Bertz CT molecular complexity index is 159. The summed E-state index contributed by atoms with van der Waals surface area (Å²) in [6.07, 6.45) is 3.15. The van der Waals surface area contributed by atoms with Crippen LogP contribution in [0.15, 0.2) is 12.2 Å². The molecule has 0 aromatic carbocycles. The molecule has 4 atom stereocenters. The minimum Gasteiger partial charge on any atom is -0.392 e. The average molecular weight is 170 g/mol. The molecule has 0 heterocycles. The van der Waals surface area contributed by atoms with E-state index in [1.807, 2.05) is 32.9 Å². The van der Waals surface area contributed by atoms with Gasteiger partial charge in [0.05, 0.1) is 12.2 Å². The molecular weight excluding hydrogens is 152 g/mol. The molecule has 0 radical (unpaired) electrons. The normalized spacial score (nSPS) is 48.9. The zero-order valence-electron chi connectivity index (χ0n) is 7.94. The zero-order valence-corrected chi connectivity index (χ0v) is 7.94. The van der Waals surface area contributed by atoms with Gasteiger partial charge in [-0.1, -0.05) is 32.9 Å². The first-order chi connectivity index (χ1) is 5.54. The molecule has 12 heavy (non-hydrogen) atoms. The fourth-order valence-corrected chi connectivity index (χ4v) is 1.74. The molecule has 0 saturated carbocycles. The molecule has 0 aliphatic heterocycles. The van der Waals surface area contributed by atoms with E-state index in [2.05, 4.69) is 0 Å². The molecular formula is C10H18O2. The van der Waals surface area contributed by atoms with Crippen molar-refractivity contribution in [1.82, 2.24) is 0 Å². The molecule has 0 fully saturated rings. The van der Waals surface area contributed by atoms with Crippen molar-refractivity contribution in [3.63, 3.8) is 0 Å². The van der Waals surface area contributed by atoms with Crippen LogP contribution in [-0.2, 0) is 0 Å². The van der Waals surface area contributed by atoms with Crippen LogP contribution in [0.2, 0.25) is 0 Å². The van der Waals surface area contributed by atoms with Crippen molar-refractivity contribution in [3.8, 4) is 0 Å². The molecule has 1 rings (SSSR count). The summed E-state index contributed by atoms with van der Waals surface area (Å²) in [5.74, 6) is 0.268. The summed E-state index contributed by atoms with van der Waals surface area (Å²) < 4.78 is 0. The van der Waals surface area contributed by atoms with E-state index < -0.39 is 12.2 Å². The summed E-state index contributed by atoms with van der Waals surface area (Å²) in [5.41, 5.74) is 0. The van der Waals surface area contributed by atoms with Crippen LogP contribution < -0.4 is 0 Å². The van der Waals surface area contributed by atoms with Gasteiger partial charge in [0.1, 0.15) is 0 Å². The third kappa shape index (κ3) is 1.70. The van der Waals surface area contributed by atoms with E-state index in [1.54, 1.807) is 0 Å². The zero-order chi connectivity index (χ0) is 9.30. The van der Waals surface area contributed by atoms with E-state index in [1.165, 1.54) is 0 Å². The number of hydrogen-bond acceptors (Lipinski definition) is 2. The highest BCUT2D eigenvalue weighted by Gasteiger charge is 2.30. The van der Waals surface area contributed by atoms with Crippen molar-refractivity contribution in [2.45, 2.75) is 33.0 Å².